The van der Waals surface area contributed by atoms with E-state index >= 15 is 0 Å². The van der Waals surface area contributed by atoms with Crippen LogP contribution in [0.5, 0.6) is 0 Å². The number of carbonyl (C=O) groups is 1. The third-order valence-corrected chi connectivity index (χ3v) is 3.33. The van der Waals surface area contributed by atoms with E-state index in [0.29, 0.717) is 16.8 Å². The number of rotatable bonds is 2. The average Bonchev–Trinajstić information content (AvgIpc) is 2.44. The molecule has 0 saturated carbocycles. The molecule has 21 heavy (non-hydrogen) atoms. The molecule has 6 nitrogen and oxygen atoms in total. The Hall–Kier alpha value is -2.59. The summed E-state index contributed by atoms with van der Waals surface area (Å²) in [4.78, 5) is 35.5. The van der Waals surface area contributed by atoms with E-state index in [2.05, 4.69) is 16.8 Å². The van der Waals surface area contributed by atoms with E-state index in [1.807, 2.05) is 0 Å². The maximum atomic E-state index is 12.0. The fraction of sp³-hybridized carbons (Fsp3) is 0.143. The zero-order valence-corrected chi connectivity index (χ0v) is 11.8. The van der Waals surface area contributed by atoms with Crippen LogP contribution in [0.2, 0.25) is 0 Å². The molecular formula is C14H10N2O4S. The van der Waals surface area contributed by atoms with Gasteiger partial charge >= 0.3 is 5.69 Å². The van der Waals surface area contributed by atoms with Crippen LogP contribution >= 0.6 is 11.8 Å². The molecule has 2 rings (SSSR count). The number of nitrogens with one attached hydrogen (secondary N) is 1. The van der Waals surface area contributed by atoms with Crippen molar-refractivity contribution >= 4 is 33.5 Å². The second-order valence-electron chi connectivity index (χ2n) is 4.10. The summed E-state index contributed by atoms with van der Waals surface area (Å²) >= 11 is 1.09. The van der Waals surface area contributed by atoms with Crippen LogP contribution in [0.3, 0.4) is 0 Å². The van der Waals surface area contributed by atoms with Crippen LogP contribution in [0.4, 0.5) is 5.69 Å². The number of hydrogen-bond donors (Lipinski definition) is 1. The highest BCUT2D eigenvalue weighted by atomic mass is 32.2. The Morgan fingerprint density at radius 1 is 1.48 bits per heavy atom. The molecule has 0 atom stereocenters. The van der Waals surface area contributed by atoms with Gasteiger partial charge in [-0.2, -0.15) is 0 Å². The summed E-state index contributed by atoms with van der Waals surface area (Å²) in [5.41, 5.74) is -0.0674. The lowest BCUT2D eigenvalue weighted by molar-refractivity contribution is -0.386. The minimum atomic E-state index is -0.722. The van der Waals surface area contributed by atoms with Crippen molar-refractivity contribution in [3.8, 4) is 11.8 Å². The minimum Gasteiger partial charge on any atom is -0.355 e. The number of aromatic amines is 1. The maximum Gasteiger partial charge on any atom is 0.332 e. The molecule has 1 aromatic carbocycles. The Kier molecular flexibility index (Phi) is 4.40. The van der Waals surface area contributed by atoms with Gasteiger partial charge in [-0.25, -0.2) is 0 Å². The van der Waals surface area contributed by atoms with E-state index in [9.17, 15) is 19.7 Å². The van der Waals surface area contributed by atoms with Crippen LogP contribution in [-0.4, -0.2) is 20.8 Å². The van der Waals surface area contributed by atoms with Crippen molar-refractivity contribution in [2.45, 2.75) is 6.92 Å². The lowest BCUT2D eigenvalue weighted by atomic mass is 10.1. The Bertz CT molecular complexity index is 845. The predicted octanol–water partition coefficient (Wildman–Crippen LogP) is 2.07. The lowest BCUT2D eigenvalue weighted by Gasteiger charge is -1.98. The molecule has 7 heteroatoms. The third-order valence-electron chi connectivity index (χ3n) is 2.64. The van der Waals surface area contributed by atoms with E-state index in [1.54, 1.807) is 12.1 Å². The van der Waals surface area contributed by atoms with Gasteiger partial charge in [-0.1, -0.05) is 23.6 Å². The van der Waals surface area contributed by atoms with E-state index in [0.717, 1.165) is 18.0 Å². The highest BCUT2D eigenvalue weighted by molar-refractivity contribution is 8.13. The molecule has 0 unspecified atom stereocenters. The lowest BCUT2D eigenvalue weighted by Crippen LogP contribution is -2.09. The highest BCUT2D eigenvalue weighted by Gasteiger charge is 2.14. The standard InChI is InChI=1S/C14H10N2O4S/c1-9(17)21-6-2-3-10-4-5-12-11(7-10)14(18)13(8-15-12)16(19)20/h4-5,7-8H,6H2,1H3,(H,15,18). The number of H-pyrrole nitrogens is 1. The topological polar surface area (TPSA) is 93.1 Å². The van der Waals surface area contributed by atoms with Crippen LogP contribution in [-0.2, 0) is 4.79 Å². The summed E-state index contributed by atoms with van der Waals surface area (Å²) in [6.45, 7) is 1.46. The zero-order valence-electron chi connectivity index (χ0n) is 11.0. The molecular weight excluding hydrogens is 292 g/mol. The number of benzene rings is 1. The monoisotopic (exact) mass is 302 g/mol. The second-order valence-corrected chi connectivity index (χ2v) is 5.25. The van der Waals surface area contributed by atoms with Crippen LogP contribution in [0.25, 0.3) is 10.9 Å². The van der Waals surface area contributed by atoms with Gasteiger partial charge in [0.1, 0.15) is 0 Å². The first kappa shape index (κ1) is 14.8. The molecule has 0 spiro atoms. The molecule has 106 valence electrons. The molecule has 0 aliphatic rings. The second kappa shape index (κ2) is 6.24. The van der Waals surface area contributed by atoms with Crippen molar-refractivity contribution in [3.63, 3.8) is 0 Å². The SMILES string of the molecule is CC(=O)SCC#Cc1ccc2[nH]cc([N+](=O)[O-])c(=O)c2c1. The smallest absolute Gasteiger partial charge is 0.332 e. The van der Waals surface area contributed by atoms with E-state index < -0.39 is 16.0 Å². The van der Waals surface area contributed by atoms with Crippen molar-refractivity contribution in [1.82, 2.24) is 4.98 Å². The van der Waals surface area contributed by atoms with Crippen molar-refractivity contribution in [3.05, 3.63) is 50.3 Å². The third kappa shape index (κ3) is 3.49. The van der Waals surface area contributed by atoms with Gasteiger partial charge in [-0.05, 0) is 18.2 Å². The van der Waals surface area contributed by atoms with E-state index in [1.165, 1.54) is 13.0 Å². The van der Waals surface area contributed by atoms with Crippen LogP contribution < -0.4 is 5.43 Å². The van der Waals surface area contributed by atoms with Gasteiger partial charge in [0.2, 0.25) is 0 Å². The largest absolute Gasteiger partial charge is 0.355 e. The first-order chi connectivity index (χ1) is 9.99. The number of fused-ring (bicyclic) bond motifs is 1. The van der Waals surface area contributed by atoms with Crippen molar-refractivity contribution < 1.29 is 9.72 Å². The molecule has 0 amide bonds. The molecule has 0 bridgehead atoms. The summed E-state index contributed by atoms with van der Waals surface area (Å²) in [6.07, 6.45) is 1.08. The van der Waals surface area contributed by atoms with Gasteiger partial charge < -0.3 is 4.98 Å². The number of hydrogen-bond acceptors (Lipinski definition) is 5. The van der Waals surface area contributed by atoms with Crippen LogP contribution in [0, 0.1) is 22.0 Å². The number of nitro groups is 1. The van der Waals surface area contributed by atoms with E-state index in [-0.39, 0.29) is 10.5 Å². The summed E-state index contributed by atoms with van der Waals surface area (Å²) in [7, 11) is 0. The van der Waals surface area contributed by atoms with Gasteiger partial charge in [0, 0.05) is 18.0 Å². The quantitative estimate of drug-likeness (QED) is 0.520. The van der Waals surface area contributed by atoms with Crippen LogP contribution in [0.15, 0.2) is 29.2 Å². The molecule has 1 heterocycles. The molecule has 0 aliphatic carbocycles. The van der Waals surface area contributed by atoms with Gasteiger partial charge in [0.05, 0.1) is 22.3 Å². The summed E-state index contributed by atoms with van der Waals surface area (Å²) < 4.78 is 0. The molecule has 0 aliphatic heterocycles. The maximum absolute atomic E-state index is 12.0. The van der Waals surface area contributed by atoms with Crippen molar-refractivity contribution in [2.24, 2.45) is 0 Å². The summed E-state index contributed by atoms with van der Waals surface area (Å²) in [5, 5.41) is 10.9. The number of pyridine rings is 1. The molecule has 2 aromatic rings. The fourth-order valence-corrected chi connectivity index (χ4v) is 2.04. The molecule has 1 aromatic heterocycles. The Morgan fingerprint density at radius 3 is 2.90 bits per heavy atom. The Labute approximate surface area is 123 Å². The van der Waals surface area contributed by atoms with Crippen LogP contribution in [0.1, 0.15) is 12.5 Å². The van der Waals surface area contributed by atoms with Gasteiger partial charge in [0.15, 0.2) is 5.12 Å². The van der Waals surface area contributed by atoms with Gasteiger partial charge in [0.25, 0.3) is 5.43 Å². The molecule has 0 saturated heterocycles. The Morgan fingerprint density at radius 2 is 2.24 bits per heavy atom. The van der Waals surface area contributed by atoms with Crippen molar-refractivity contribution in [1.29, 1.82) is 0 Å². The number of aromatic nitrogens is 1. The molecule has 1 N–H and O–H groups in total. The van der Waals surface area contributed by atoms with Gasteiger partial charge in [-0.15, -0.1) is 0 Å². The number of thioether (sulfide) groups is 1. The average molecular weight is 302 g/mol. The first-order valence-electron chi connectivity index (χ1n) is 5.91. The Balaban J connectivity index is 2.40. The zero-order chi connectivity index (χ0) is 15.4. The highest BCUT2D eigenvalue weighted by Crippen LogP contribution is 2.13. The van der Waals surface area contributed by atoms with Crippen molar-refractivity contribution in [2.75, 3.05) is 5.75 Å². The van der Waals surface area contributed by atoms with Gasteiger partial charge in [-0.3, -0.25) is 19.7 Å². The van der Waals surface area contributed by atoms with E-state index in [4.69, 9.17) is 0 Å². The molecule has 0 fully saturated rings. The summed E-state index contributed by atoms with van der Waals surface area (Å²) in [5.74, 6) is 5.98. The number of nitrogens with zero attached hydrogens (tertiary/aromatic N) is 1. The fourth-order valence-electron chi connectivity index (χ4n) is 1.70. The molecule has 0 radical (unpaired) electrons. The normalized spacial score (nSPS) is 9.95. The first-order valence-corrected chi connectivity index (χ1v) is 6.89. The number of carbonyl (C=O) groups excluding carboxylic acids is 1. The minimum absolute atomic E-state index is 0.0186. The summed E-state index contributed by atoms with van der Waals surface area (Å²) in [6, 6.07) is 4.85. The predicted molar refractivity (Wildman–Crippen MR) is 81.2 cm³/mol.